The van der Waals surface area contributed by atoms with Crippen molar-refractivity contribution >= 4 is 22.9 Å². The predicted molar refractivity (Wildman–Crippen MR) is 47.9 cm³/mol. The van der Waals surface area contributed by atoms with Gasteiger partial charge >= 0.3 is 0 Å². The Kier molecular flexibility index (Phi) is 0.961. The maximum atomic E-state index is 4.29. The van der Waals surface area contributed by atoms with Gasteiger partial charge in [-0.3, -0.25) is 4.98 Å². The molecule has 1 aliphatic rings. The number of hydrogen-bond acceptors (Lipinski definition) is 2. The number of fused-ring (bicyclic) bond motifs is 3. The summed E-state index contributed by atoms with van der Waals surface area (Å²) in [5.41, 5.74) is 1.03. The van der Waals surface area contributed by atoms with Gasteiger partial charge in [0.05, 0.1) is 12.1 Å². The first-order chi connectivity index (χ1) is 5.95. The zero-order valence-electron chi connectivity index (χ0n) is 6.44. The van der Waals surface area contributed by atoms with Gasteiger partial charge in [0.25, 0.3) is 0 Å². The monoisotopic (exact) mass is 157 g/mol. The van der Waals surface area contributed by atoms with Crippen molar-refractivity contribution in [3.05, 3.63) is 24.5 Å². The molecule has 0 fully saturated rings. The summed E-state index contributed by atoms with van der Waals surface area (Å²) >= 11 is 0. The number of aromatic nitrogens is 2. The van der Waals surface area contributed by atoms with E-state index in [2.05, 4.69) is 20.6 Å². The zero-order chi connectivity index (χ0) is 7.97. The van der Waals surface area contributed by atoms with Crippen LogP contribution in [0.25, 0.3) is 10.9 Å². The first-order valence-electron chi connectivity index (χ1n) is 3.91. The molecule has 2 aromatic rings. The molecule has 2 aromatic heterocycles. The van der Waals surface area contributed by atoms with Gasteiger partial charge in [-0.15, -0.1) is 0 Å². The molecule has 12 heavy (non-hydrogen) atoms. The molecule has 0 aliphatic carbocycles. The summed E-state index contributed by atoms with van der Waals surface area (Å²) in [5.74, 6) is 1.04. The Morgan fingerprint density at radius 1 is 1.42 bits per heavy atom. The zero-order valence-corrected chi connectivity index (χ0v) is 6.44. The van der Waals surface area contributed by atoms with E-state index in [0.717, 1.165) is 23.3 Å². The quantitative estimate of drug-likeness (QED) is 0.573. The van der Waals surface area contributed by atoms with E-state index in [-0.39, 0.29) is 0 Å². The van der Waals surface area contributed by atoms with E-state index in [1.807, 2.05) is 24.7 Å². The molecule has 0 radical (unpaired) electrons. The van der Waals surface area contributed by atoms with Gasteiger partial charge in [-0.2, -0.15) is 0 Å². The maximum Gasteiger partial charge on any atom is 0.142 e. The Labute approximate surface area is 69.4 Å². The van der Waals surface area contributed by atoms with Crippen LogP contribution in [0.4, 0.5) is 5.82 Å². The molecule has 3 heteroatoms. The summed E-state index contributed by atoms with van der Waals surface area (Å²) in [6, 6.07) is 3.99. The third kappa shape index (κ3) is 0.605. The minimum atomic E-state index is 0.881. The summed E-state index contributed by atoms with van der Waals surface area (Å²) in [4.78, 5) is 8.54. The SMILES string of the molecule is C1=Nc2c3cccnc3cn2C1. The highest BCUT2D eigenvalue weighted by Gasteiger charge is 2.10. The molecule has 3 rings (SSSR count). The largest absolute Gasteiger partial charge is 0.325 e. The Morgan fingerprint density at radius 2 is 2.42 bits per heavy atom. The second-order valence-electron chi connectivity index (χ2n) is 2.85. The smallest absolute Gasteiger partial charge is 0.142 e. The first kappa shape index (κ1) is 5.94. The fourth-order valence-corrected chi connectivity index (χ4v) is 1.57. The third-order valence-electron chi connectivity index (χ3n) is 2.12. The fraction of sp³-hybridized carbons (Fsp3) is 0.111. The van der Waals surface area contributed by atoms with Gasteiger partial charge in [0.15, 0.2) is 0 Å². The molecular formula is C9H7N3. The van der Waals surface area contributed by atoms with E-state index in [0.29, 0.717) is 0 Å². The average molecular weight is 157 g/mol. The number of nitrogens with zero attached hydrogens (tertiary/aromatic N) is 3. The van der Waals surface area contributed by atoms with E-state index in [1.165, 1.54) is 0 Å². The number of pyridine rings is 1. The molecule has 3 heterocycles. The Balaban J connectivity index is 2.51. The Morgan fingerprint density at radius 3 is 3.42 bits per heavy atom. The van der Waals surface area contributed by atoms with Crippen LogP contribution in [-0.2, 0) is 6.54 Å². The molecule has 0 saturated heterocycles. The molecule has 0 aromatic carbocycles. The number of rotatable bonds is 0. The minimum absolute atomic E-state index is 0.881. The summed E-state index contributed by atoms with van der Waals surface area (Å²) in [5, 5.41) is 1.14. The average Bonchev–Trinajstić information content (AvgIpc) is 2.62. The summed E-state index contributed by atoms with van der Waals surface area (Å²) in [6.45, 7) is 0.881. The van der Waals surface area contributed by atoms with Crippen molar-refractivity contribution in [3.63, 3.8) is 0 Å². The Hall–Kier alpha value is -1.64. The highest BCUT2D eigenvalue weighted by molar-refractivity contribution is 5.92. The van der Waals surface area contributed by atoms with Crippen LogP contribution in [0.3, 0.4) is 0 Å². The molecule has 0 atom stereocenters. The van der Waals surface area contributed by atoms with Gasteiger partial charge < -0.3 is 4.57 Å². The molecule has 0 amide bonds. The second kappa shape index (κ2) is 1.94. The second-order valence-corrected chi connectivity index (χ2v) is 2.85. The summed E-state index contributed by atoms with van der Waals surface area (Å²) in [7, 11) is 0. The molecule has 0 spiro atoms. The van der Waals surface area contributed by atoms with Gasteiger partial charge in [0.1, 0.15) is 5.82 Å². The molecular weight excluding hydrogens is 150 g/mol. The third-order valence-corrected chi connectivity index (χ3v) is 2.12. The molecule has 1 aliphatic heterocycles. The topological polar surface area (TPSA) is 30.2 Å². The van der Waals surface area contributed by atoms with Crippen LogP contribution in [-0.4, -0.2) is 15.8 Å². The van der Waals surface area contributed by atoms with Crippen LogP contribution in [0.15, 0.2) is 29.5 Å². The molecule has 0 N–H and O–H groups in total. The van der Waals surface area contributed by atoms with E-state index in [4.69, 9.17) is 0 Å². The summed E-state index contributed by atoms with van der Waals surface area (Å²) < 4.78 is 2.11. The van der Waals surface area contributed by atoms with Gasteiger partial charge in [0, 0.05) is 24.0 Å². The lowest BCUT2D eigenvalue weighted by Gasteiger charge is -1.90. The van der Waals surface area contributed by atoms with Gasteiger partial charge in [-0.05, 0) is 12.1 Å². The number of hydrogen-bond donors (Lipinski definition) is 0. The van der Waals surface area contributed by atoms with E-state index in [1.54, 1.807) is 0 Å². The van der Waals surface area contributed by atoms with Crippen LogP contribution in [0.1, 0.15) is 0 Å². The Bertz CT molecular complexity index is 468. The van der Waals surface area contributed by atoms with Crippen molar-refractivity contribution in [2.75, 3.05) is 0 Å². The lowest BCUT2D eigenvalue weighted by atomic mass is 10.3. The van der Waals surface area contributed by atoms with Gasteiger partial charge in [0.2, 0.25) is 0 Å². The van der Waals surface area contributed by atoms with E-state index >= 15 is 0 Å². The van der Waals surface area contributed by atoms with Crippen LogP contribution in [0.5, 0.6) is 0 Å². The highest BCUT2D eigenvalue weighted by Crippen LogP contribution is 2.28. The normalized spacial score (nSPS) is 14.0. The maximum absolute atomic E-state index is 4.29. The van der Waals surface area contributed by atoms with Crippen molar-refractivity contribution in [3.8, 4) is 0 Å². The van der Waals surface area contributed by atoms with E-state index < -0.39 is 0 Å². The standard InChI is InChI=1S/C9H7N3/c1-2-7-8(10-3-1)6-12-5-4-11-9(7)12/h1-4,6H,5H2. The lowest BCUT2D eigenvalue weighted by molar-refractivity contribution is 0.913. The summed E-state index contributed by atoms with van der Waals surface area (Å²) in [6.07, 6.45) is 5.77. The fourth-order valence-electron chi connectivity index (χ4n) is 1.57. The molecule has 0 saturated carbocycles. The van der Waals surface area contributed by atoms with Crippen LogP contribution in [0, 0.1) is 0 Å². The first-order valence-corrected chi connectivity index (χ1v) is 3.91. The van der Waals surface area contributed by atoms with Crippen LogP contribution >= 0.6 is 0 Å². The highest BCUT2D eigenvalue weighted by atomic mass is 15.1. The molecule has 0 unspecified atom stereocenters. The molecule has 58 valence electrons. The van der Waals surface area contributed by atoms with Gasteiger partial charge in [-0.1, -0.05) is 0 Å². The van der Waals surface area contributed by atoms with E-state index in [9.17, 15) is 0 Å². The van der Waals surface area contributed by atoms with Crippen molar-refractivity contribution in [1.82, 2.24) is 9.55 Å². The number of aliphatic imine (C=N–C) groups is 1. The predicted octanol–water partition coefficient (Wildman–Crippen LogP) is 1.75. The van der Waals surface area contributed by atoms with Crippen molar-refractivity contribution in [2.45, 2.75) is 6.54 Å². The molecule has 3 nitrogen and oxygen atoms in total. The van der Waals surface area contributed by atoms with Crippen molar-refractivity contribution in [2.24, 2.45) is 4.99 Å². The molecule has 0 bridgehead atoms. The minimum Gasteiger partial charge on any atom is -0.325 e. The van der Waals surface area contributed by atoms with Crippen molar-refractivity contribution < 1.29 is 0 Å². The van der Waals surface area contributed by atoms with Crippen LogP contribution in [0.2, 0.25) is 0 Å². The van der Waals surface area contributed by atoms with Gasteiger partial charge in [-0.25, -0.2) is 4.99 Å². The van der Waals surface area contributed by atoms with Crippen LogP contribution < -0.4 is 0 Å². The lowest BCUT2D eigenvalue weighted by Crippen LogP contribution is -1.87. The van der Waals surface area contributed by atoms with Crippen molar-refractivity contribution in [1.29, 1.82) is 0 Å².